The van der Waals surface area contributed by atoms with E-state index in [9.17, 15) is 0 Å². The minimum atomic E-state index is -3.76. The van der Waals surface area contributed by atoms with Crippen molar-refractivity contribution in [1.82, 2.24) is 0 Å². The van der Waals surface area contributed by atoms with E-state index in [1.807, 2.05) is 0 Å². The van der Waals surface area contributed by atoms with Gasteiger partial charge in [0.05, 0.1) is 0 Å². The molecule has 3 nitrogen and oxygen atoms in total. The summed E-state index contributed by atoms with van der Waals surface area (Å²) in [6, 6.07) is 0. The maximum atomic E-state index is 6.68. The Balaban J connectivity index is 5.75. The minimum absolute atomic E-state index is 0.214. The molecule has 0 aromatic rings. The fourth-order valence-electron chi connectivity index (χ4n) is 1.79. The van der Waals surface area contributed by atoms with Gasteiger partial charge in [0.1, 0.15) is 0 Å². The second kappa shape index (κ2) is 8.17. The van der Waals surface area contributed by atoms with E-state index >= 15 is 0 Å². The molecule has 0 amide bonds. The molecular weight excluding hydrogens is 383 g/mol. The fourth-order valence-corrected chi connectivity index (χ4v) is 12.0. The molecule has 0 atom stereocenters. The second-order valence-electron chi connectivity index (χ2n) is 8.40. The summed E-state index contributed by atoms with van der Waals surface area (Å²) in [5, 5.41) is 0. The molecule has 22 heavy (non-hydrogen) atoms. The molecule has 4 heteroatoms. The summed E-state index contributed by atoms with van der Waals surface area (Å²) in [5.41, 5.74) is -0.643. The van der Waals surface area contributed by atoms with Crippen LogP contribution in [-0.4, -0.2) is 36.4 Å². The maximum absolute atomic E-state index is 6.68. The Hall–Kier alpha value is 0.679. The van der Waals surface area contributed by atoms with Crippen LogP contribution in [0.2, 0.25) is 3.93 Å². The van der Waals surface area contributed by atoms with Crippen LogP contribution in [0.25, 0.3) is 0 Å². The molecule has 0 heterocycles. The van der Waals surface area contributed by atoms with Gasteiger partial charge in [-0.05, 0) is 0 Å². The first kappa shape index (κ1) is 22.7. The summed E-state index contributed by atoms with van der Waals surface area (Å²) in [6.45, 7) is 23.7. The first-order valence-corrected chi connectivity index (χ1v) is 14.0. The summed E-state index contributed by atoms with van der Waals surface area (Å²) in [6.07, 6.45) is 2.85. The van der Waals surface area contributed by atoms with Crippen LogP contribution >= 0.6 is 0 Å². The van der Waals surface area contributed by atoms with Gasteiger partial charge in [-0.25, -0.2) is 0 Å². The van der Waals surface area contributed by atoms with Crippen molar-refractivity contribution in [3.63, 3.8) is 0 Å². The van der Waals surface area contributed by atoms with Gasteiger partial charge in [-0.1, -0.05) is 0 Å². The van der Waals surface area contributed by atoms with Crippen LogP contribution in [0.5, 0.6) is 0 Å². The van der Waals surface area contributed by atoms with Crippen LogP contribution in [0.1, 0.15) is 95.4 Å². The van der Waals surface area contributed by atoms with E-state index in [2.05, 4.69) is 76.2 Å². The molecule has 0 aromatic carbocycles. The van der Waals surface area contributed by atoms with E-state index in [1.54, 1.807) is 0 Å². The quantitative estimate of drug-likeness (QED) is 0.407. The molecule has 0 rings (SSSR count). The van der Waals surface area contributed by atoms with Gasteiger partial charge in [0.15, 0.2) is 0 Å². The molecule has 134 valence electrons. The summed E-state index contributed by atoms with van der Waals surface area (Å²) in [7, 11) is 0. The van der Waals surface area contributed by atoms with E-state index in [0.29, 0.717) is 0 Å². The second-order valence-corrected chi connectivity index (χ2v) is 16.9. The van der Waals surface area contributed by atoms with Crippen LogP contribution in [0, 0.1) is 0 Å². The van der Waals surface area contributed by atoms with Gasteiger partial charge in [0.25, 0.3) is 0 Å². The van der Waals surface area contributed by atoms with Gasteiger partial charge in [0, 0.05) is 0 Å². The van der Waals surface area contributed by atoms with Gasteiger partial charge < -0.3 is 0 Å². The zero-order valence-corrected chi connectivity index (χ0v) is 19.8. The van der Waals surface area contributed by atoms with E-state index in [0.717, 1.165) is 19.3 Å². The van der Waals surface area contributed by atoms with Crippen molar-refractivity contribution in [3.8, 4) is 0 Å². The molecule has 0 aliphatic rings. The van der Waals surface area contributed by atoms with Crippen molar-refractivity contribution in [2.75, 3.05) is 0 Å². The van der Waals surface area contributed by atoms with Crippen LogP contribution < -0.4 is 0 Å². The predicted molar refractivity (Wildman–Crippen MR) is 97.2 cm³/mol. The van der Waals surface area contributed by atoms with E-state index in [1.165, 1.54) is 0 Å². The van der Waals surface area contributed by atoms with Crippen molar-refractivity contribution < 1.29 is 9.22 Å². The molecule has 0 aliphatic carbocycles. The molecule has 0 saturated heterocycles. The number of rotatable bonds is 10. The molecule has 0 fully saturated rings. The third-order valence-corrected chi connectivity index (χ3v) is 15.7. The normalized spacial score (nSPS) is 14.7. The third-order valence-electron chi connectivity index (χ3n) is 4.52. The summed E-state index contributed by atoms with van der Waals surface area (Å²) in [5.74, 6) is 0. The van der Waals surface area contributed by atoms with Crippen LogP contribution in [0.15, 0.2) is 0 Å². The van der Waals surface area contributed by atoms with Crippen molar-refractivity contribution in [3.05, 3.63) is 0 Å². The summed E-state index contributed by atoms with van der Waals surface area (Å²) >= 11 is -3.76. The molecule has 0 radical (unpaired) electrons. The Kier molecular flexibility index (Phi) is 8.42. The topological polar surface area (TPSA) is 27.7 Å². The van der Waals surface area contributed by atoms with Gasteiger partial charge in [-0.2, -0.15) is 0 Å². The van der Waals surface area contributed by atoms with Gasteiger partial charge >= 0.3 is 145 Å². The molecule has 0 unspecified atom stereocenters. The van der Waals surface area contributed by atoms with E-state index in [4.69, 9.17) is 9.22 Å². The summed E-state index contributed by atoms with van der Waals surface area (Å²) in [4.78, 5) is 0. The zero-order chi connectivity index (χ0) is 17.8. The standard InChI is InChI=1S/3C5H11O.C3H7.Sn/c3*1-4-5(2,3)6;1-3-2;/h3*4H2,1-3H3;3H,1-2H3;/q3*-1;;+3. The Morgan fingerprint density at radius 2 is 0.864 bits per heavy atom. The van der Waals surface area contributed by atoms with Gasteiger partial charge in [-0.3, -0.25) is 0 Å². The van der Waals surface area contributed by atoms with E-state index < -0.39 is 19.6 Å². The number of hydrogen-bond donors (Lipinski definition) is 0. The zero-order valence-electron chi connectivity index (χ0n) is 16.9. The molecular formula is C18H40O3Sn. The Bertz CT molecular complexity index is 290. The Morgan fingerprint density at radius 3 is 1.00 bits per heavy atom. The van der Waals surface area contributed by atoms with Crippen molar-refractivity contribution >= 4 is 19.6 Å². The average Bonchev–Trinajstić information content (AvgIpc) is 2.37. The monoisotopic (exact) mass is 424 g/mol. The van der Waals surface area contributed by atoms with Crippen LogP contribution in [0.3, 0.4) is 0 Å². The molecule has 0 bridgehead atoms. The fraction of sp³-hybridized carbons (Fsp3) is 1.00. The van der Waals surface area contributed by atoms with Crippen molar-refractivity contribution in [2.45, 2.75) is 116 Å². The van der Waals surface area contributed by atoms with Crippen molar-refractivity contribution in [1.29, 1.82) is 0 Å². The molecule has 0 N–H and O–H groups in total. The third kappa shape index (κ3) is 7.06. The predicted octanol–water partition coefficient (Wildman–Crippen LogP) is 5.95. The molecule has 0 aromatic heterocycles. The summed E-state index contributed by atoms with van der Waals surface area (Å²) < 4.78 is 20.3. The SMILES string of the molecule is CCC(C)(C)[O][Sn]([O]C(C)(C)CC)([O]C(C)(C)CC)[CH](C)C. The average molecular weight is 423 g/mol. The van der Waals surface area contributed by atoms with Crippen LogP contribution in [-0.2, 0) is 9.22 Å². The van der Waals surface area contributed by atoms with Crippen LogP contribution in [0.4, 0.5) is 0 Å². The first-order valence-electron chi connectivity index (χ1n) is 8.85. The number of hydrogen-bond acceptors (Lipinski definition) is 3. The van der Waals surface area contributed by atoms with Gasteiger partial charge in [0.2, 0.25) is 0 Å². The molecule has 0 aliphatic heterocycles. The van der Waals surface area contributed by atoms with Crippen molar-refractivity contribution in [2.24, 2.45) is 0 Å². The molecule has 0 saturated carbocycles. The van der Waals surface area contributed by atoms with Gasteiger partial charge in [-0.15, -0.1) is 0 Å². The Morgan fingerprint density at radius 1 is 0.636 bits per heavy atom. The van der Waals surface area contributed by atoms with E-state index in [-0.39, 0.29) is 20.7 Å². The Labute approximate surface area is 145 Å². The molecule has 0 spiro atoms. The first-order chi connectivity index (χ1) is 9.75.